The van der Waals surface area contributed by atoms with Crippen molar-refractivity contribution >= 4 is 22.5 Å². The summed E-state index contributed by atoms with van der Waals surface area (Å²) in [6.07, 6.45) is 6.09. The zero-order valence-electron chi connectivity index (χ0n) is 11.7. The Labute approximate surface area is 120 Å². The summed E-state index contributed by atoms with van der Waals surface area (Å²) in [5, 5.41) is 0. The van der Waals surface area contributed by atoms with Crippen molar-refractivity contribution in [2.24, 2.45) is 0 Å². The maximum atomic E-state index is 12.6. The van der Waals surface area contributed by atoms with Gasteiger partial charge in [-0.25, -0.2) is 0 Å². The van der Waals surface area contributed by atoms with Gasteiger partial charge in [-0.05, 0) is 24.6 Å². The fourth-order valence-corrected chi connectivity index (χ4v) is 2.51. The molecule has 0 saturated heterocycles. The Morgan fingerprint density at radius 3 is 2.95 bits per heavy atom. The highest BCUT2D eigenvalue weighted by Crippen LogP contribution is 2.14. The molecule has 0 atom stereocenters. The number of ether oxygens (including phenoxy) is 1. The van der Waals surface area contributed by atoms with Gasteiger partial charge in [0.2, 0.25) is 0 Å². The Bertz CT molecular complexity index is 863. The molecular formula is C15H15N3O3. The highest BCUT2D eigenvalue weighted by molar-refractivity contribution is 5.78. The van der Waals surface area contributed by atoms with E-state index < -0.39 is 0 Å². The van der Waals surface area contributed by atoms with Crippen LogP contribution in [0.15, 0.2) is 41.6 Å². The van der Waals surface area contributed by atoms with Crippen molar-refractivity contribution in [2.75, 3.05) is 7.11 Å². The van der Waals surface area contributed by atoms with Crippen molar-refractivity contribution < 1.29 is 9.53 Å². The number of hydrogen-bond donors (Lipinski definition) is 0. The van der Waals surface area contributed by atoms with Crippen LogP contribution >= 0.6 is 0 Å². The molecule has 0 bridgehead atoms. The standard InChI is InChI=1S/C15H15N3O3/c1-21-14(19)5-3-9-18-11-6-7-16-10-13(11)17-8-2-4-12(17)15(18)20/h2,4,6-8,10H,3,5,9H2,1H3. The highest BCUT2D eigenvalue weighted by atomic mass is 16.5. The van der Waals surface area contributed by atoms with E-state index in [0.29, 0.717) is 24.9 Å². The van der Waals surface area contributed by atoms with Gasteiger partial charge in [-0.15, -0.1) is 0 Å². The first-order chi connectivity index (χ1) is 10.2. The number of fused-ring (bicyclic) bond motifs is 3. The summed E-state index contributed by atoms with van der Waals surface area (Å²) < 4.78 is 8.15. The first-order valence-electron chi connectivity index (χ1n) is 6.73. The van der Waals surface area contributed by atoms with E-state index in [2.05, 4.69) is 9.72 Å². The Kier molecular flexibility index (Phi) is 3.43. The first kappa shape index (κ1) is 13.4. The van der Waals surface area contributed by atoms with Gasteiger partial charge in [0, 0.05) is 25.4 Å². The third-order valence-corrected chi connectivity index (χ3v) is 3.53. The summed E-state index contributed by atoms with van der Waals surface area (Å²) in [4.78, 5) is 27.9. The van der Waals surface area contributed by atoms with Gasteiger partial charge in [0.05, 0.1) is 24.3 Å². The molecule has 0 spiro atoms. The second-order valence-electron chi connectivity index (χ2n) is 4.76. The van der Waals surface area contributed by atoms with Crippen LogP contribution in [0.5, 0.6) is 0 Å². The van der Waals surface area contributed by atoms with Gasteiger partial charge >= 0.3 is 5.97 Å². The minimum atomic E-state index is -0.266. The van der Waals surface area contributed by atoms with Crippen molar-refractivity contribution in [1.82, 2.24) is 14.0 Å². The second kappa shape index (κ2) is 5.40. The molecule has 0 aromatic carbocycles. The van der Waals surface area contributed by atoms with Gasteiger partial charge in [-0.2, -0.15) is 0 Å². The van der Waals surface area contributed by atoms with Crippen LogP contribution in [0.1, 0.15) is 12.8 Å². The SMILES string of the molecule is COC(=O)CCCn1c(=O)c2cccn2c2cnccc21. The Balaban J connectivity index is 2.08. The van der Waals surface area contributed by atoms with E-state index in [1.807, 2.05) is 22.7 Å². The van der Waals surface area contributed by atoms with E-state index >= 15 is 0 Å². The van der Waals surface area contributed by atoms with Gasteiger partial charge < -0.3 is 13.7 Å². The summed E-state index contributed by atoms with van der Waals surface area (Å²) in [5.74, 6) is -0.266. The maximum Gasteiger partial charge on any atom is 0.305 e. The lowest BCUT2D eigenvalue weighted by molar-refractivity contribution is -0.140. The number of carbonyl (C=O) groups excluding carboxylic acids is 1. The molecule has 0 fully saturated rings. The van der Waals surface area contributed by atoms with Gasteiger partial charge in [0.15, 0.2) is 0 Å². The Morgan fingerprint density at radius 1 is 1.29 bits per heavy atom. The Morgan fingerprint density at radius 2 is 2.14 bits per heavy atom. The maximum absolute atomic E-state index is 12.6. The molecule has 0 aliphatic rings. The predicted octanol–water partition coefficient (Wildman–Crippen LogP) is 1.60. The first-order valence-corrected chi connectivity index (χ1v) is 6.73. The molecule has 6 nitrogen and oxygen atoms in total. The van der Waals surface area contributed by atoms with E-state index in [1.54, 1.807) is 23.0 Å². The van der Waals surface area contributed by atoms with Crippen molar-refractivity contribution in [3.8, 4) is 0 Å². The molecule has 0 aliphatic heterocycles. The van der Waals surface area contributed by atoms with E-state index in [4.69, 9.17) is 0 Å². The van der Waals surface area contributed by atoms with Crippen LogP contribution in [-0.2, 0) is 16.1 Å². The van der Waals surface area contributed by atoms with Crippen molar-refractivity contribution in [2.45, 2.75) is 19.4 Å². The molecule has 0 radical (unpaired) electrons. The number of aromatic nitrogens is 3. The minimum absolute atomic E-state index is 0.0661. The van der Waals surface area contributed by atoms with Crippen LogP contribution in [0.4, 0.5) is 0 Å². The van der Waals surface area contributed by atoms with E-state index in [-0.39, 0.29) is 11.5 Å². The molecule has 0 saturated carbocycles. The van der Waals surface area contributed by atoms with E-state index in [9.17, 15) is 9.59 Å². The second-order valence-corrected chi connectivity index (χ2v) is 4.76. The average Bonchev–Trinajstić information content (AvgIpc) is 3.00. The molecule has 108 valence electrons. The molecule has 3 aromatic rings. The molecule has 6 heteroatoms. The quantitative estimate of drug-likeness (QED) is 0.683. The van der Waals surface area contributed by atoms with Crippen LogP contribution in [-0.4, -0.2) is 27.0 Å². The Hall–Kier alpha value is -2.63. The lowest BCUT2D eigenvalue weighted by Gasteiger charge is -2.11. The lowest BCUT2D eigenvalue weighted by atomic mass is 10.3. The topological polar surface area (TPSA) is 65.6 Å². The van der Waals surface area contributed by atoms with E-state index in [1.165, 1.54) is 7.11 Å². The van der Waals surface area contributed by atoms with Crippen LogP contribution < -0.4 is 5.56 Å². The average molecular weight is 285 g/mol. The zero-order valence-corrected chi connectivity index (χ0v) is 11.7. The monoisotopic (exact) mass is 285 g/mol. The molecule has 21 heavy (non-hydrogen) atoms. The van der Waals surface area contributed by atoms with Crippen LogP contribution in [0, 0.1) is 0 Å². The smallest absolute Gasteiger partial charge is 0.305 e. The summed E-state index contributed by atoms with van der Waals surface area (Å²) in [7, 11) is 1.36. The number of carbonyl (C=O) groups is 1. The predicted molar refractivity (Wildman–Crippen MR) is 78.2 cm³/mol. The largest absolute Gasteiger partial charge is 0.469 e. The number of esters is 1. The van der Waals surface area contributed by atoms with Crippen LogP contribution in [0.25, 0.3) is 16.6 Å². The van der Waals surface area contributed by atoms with Gasteiger partial charge in [0.25, 0.3) is 5.56 Å². The molecule has 0 amide bonds. The number of methoxy groups -OCH3 is 1. The molecule has 0 aliphatic carbocycles. The summed E-state index contributed by atoms with van der Waals surface area (Å²) >= 11 is 0. The van der Waals surface area contributed by atoms with E-state index in [0.717, 1.165) is 11.0 Å². The number of aryl methyl sites for hydroxylation is 1. The molecule has 3 rings (SSSR count). The molecule has 3 aromatic heterocycles. The van der Waals surface area contributed by atoms with Gasteiger partial charge in [-0.1, -0.05) is 0 Å². The minimum Gasteiger partial charge on any atom is -0.469 e. The highest BCUT2D eigenvalue weighted by Gasteiger charge is 2.10. The summed E-state index contributed by atoms with van der Waals surface area (Å²) in [6.45, 7) is 0.468. The summed E-state index contributed by atoms with van der Waals surface area (Å²) in [6, 6.07) is 5.43. The fraction of sp³-hybridized carbons (Fsp3) is 0.267. The van der Waals surface area contributed by atoms with Crippen molar-refractivity contribution in [3.63, 3.8) is 0 Å². The normalized spacial score (nSPS) is 11.1. The molecule has 0 N–H and O–H groups in total. The third-order valence-electron chi connectivity index (χ3n) is 3.53. The molecular weight excluding hydrogens is 270 g/mol. The van der Waals surface area contributed by atoms with Crippen LogP contribution in [0.3, 0.4) is 0 Å². The number of nitrogens with zero attached hydrogens (tertiary/aromatic N) is 3. The lowest BCUT2D eigenvalue weighted by Crippen LogP contribution is -2.23. The fourth-order valence-electron chi connectivity index (χ4n) is 2.51. The van der Waals surface area contributed by atoms with Crippen LogP contribution in [0.2, 0.25) is 0 Å². The third kappa shape index (κ3) is 2.29. The van der Waals surface area contributed by atoms with Crippen molar-refractivity contribution in [1.29, 1.82) is 0 Å². The van der Waals surface area contributed by atoms with Crippen molar-refractivity contribution in [3.05, 3.63) is 47.1 Å². The zero-order chi connectivity index (χ0) is 14.8. The molecule has 3 heterocycles. The summed E-state index contributed by atoms with van der Waals surface area (Å²) in [5.41, 5.74) is 2.22. The number of rotatable bonds is 4. The number of pyridine rings is 1. The van der Waals surface area contributed by atoms with Gasteiger partial charge in [-0.3, -0.25) is 14.6 Å². The molecule has 0 unspecified atom stereocenters. The van der Waals surface area contributed by atoms with Gasteiger partial charge in [0.1, 0.15) is 5.52 Å². The number of hydrogen-bond acceptors (Lipinski definition) is 4.